The monoisotopic (exact) mass is 306 g/mol. The van der Waals surface area contributed by atoms with Crippen molar-refractivity contribution in [1.82, 2.24) is 0 Å². The zero-order chi connectivity index (χ0) is 16.0. The number of nitrogens with zero attached hydrogens (tertiary/aromatic N) is 1. The van der Waals surface area contributed by atoms with Gasteiger partial charge in [0.05, 0.1) is 39.9 Å². The van der Waals surface area contributed by atoms with Crippen LogP contribution in [0.5, 0.6) is 0 Å². The molecule has 0 aromatic rings. The summed E-state index contributed by atoms with van der Waals surface area (Å²) in [5.41, 5.74) is 3.77. The zero-order valence-electron chi connectivity index (χ0n) is 15.5. The molecule has 0 radical (unpaired) electrons. The van der Waals surface area contributed by atoms with E-state index in [1.54, 1.807) is 5.57 Å². The molecule has 3 atom stereocenters. The lowest BCUT2D eigenvalue weighted by Gasteiger charge is -2.50. The Morgan fingerprint density at radius 2 is 1.59 bits per heavy atom. The molecule has 2 nitrogen and oxygen atoms in total. The molecular weight excluding hydrogens is 270 g/mol. The highest BCUT2D eigenvalue weighted by molar-refractivity contribution is 5.29. The Morgan fingerprint density at radius 1 is 0.955 bits per heavy atom. The number of quaternary nitrogens is 1. The maximum Gasteiger partial charge on any atom is 0.0896 e. The van der Waals surface area contributed by atoms with Crippen molar-refractivity contribution in [1.29, 1.82) is 0 Å². The molecule has 3 aliphatic rings. The molecule has 1 saturated carbocycles. The topological polar surface area (TPSA) is 9.23 Å². The van der Waals surface area contributed by atoms with Crippen LogP contribution < -0.4 is 0 Å². The number of hydrogen-bond donors (Lipinski definition) is 0. The number of hydrogen-bond acceptors (Lipinski definition) is 1. The minimum Gasteiger partial charge on any atom is -0.369 e. The first-order chi connectivity index (χ1) is 10.3. The van der Waals surface area contributed by atoms with Gasteiger partial charge in [-0.15, -0.1) is 0 Å². The fourth-order valence-corrected chi connectivity index (χ4v) is 5.55. The van der Waals surface area contributed by atoms with Gasteiger partial charge in [0.25, 0.3) is 0 Å². The van der Waals surface area contributed by atoms with E-state index in [1.807, 2.05) is 5.57 Å². The second-order valence-electron chi connectivity index (χ2n) is 9.64. The van der Waals surface area contributed by atoms with E-state index in [4.69, 9.17) is 4.74 Å². The normalized spacial score (nSPS) is 33.4. The van der Waals surface area contributed by atoms with Gasteiger partial charge in [-0.05, 0) is 44.1 Å². The van der Waals surface area contributed by atoms with Gasteiger partial charge in [-0.3, -0.25) is 0 Å². The second kappa shape index (κ2) is 5.94. The first-order valence-electron chi connectivity index (χ1n) is 9.46. The molecule has 0 saturated heterocycles. The summed E-state index contributed by atoms with van der Waals surface area (Å²) in [6.45, 7) is 6.04. The smallest absolute Gasteiger partial charge is 0.0896 e. The van der Waals surface area contributed by atoms with Crippen LogP contribution in [-0.4, -0.2) is 44.4 Å². The summed E-state index contributed by atoms with van der Waals surface area (Å²) in [5.74, 6) is 0.764. The largest absolute Gasteiger partial charge is 0.369 e. The van der Waals surface area contributed by atoms with Crippen LogP contribution in [0.4, 0.5) is 0 Å². The third-order valence-corrected chi connectivity index (χ3v) is 5.92. The molecule has 3 rings (SSSR count). The maximum absolute atomic E-state index is 6.80. The molecule has 0 N–H and O–H groups in total. The number of rotatable bonds is 3. The van der Waals surface area contributed by atoms with E-state index >= 15 is 0 Å². The summed E-state index contributed by atoms with van der Waals surface area (Å²) in [7, 11) is 6.93. The fraction of sp³-hybridized carbons (Fsp3) is 0.900. The Kier molecular flexibility index (Phi) is 4.46. The molecule has 1 fully saturated rings. The quantitative estimate of drug-likeness (QED) is 0.549. The first-order valence-corrected chi connectivity index (χ1v) is 9.46. The van der Waals surface area contributed by atoms with Crippen molar-refractivity contribution in [3.05, 3.63) is 11.1 Å². The van der Waals surface area contributed by atoms with Crippen LogP contribution in [0.3, 0.4) is 0 Å². The highest BCUT2D eigenvalue weighted by Crippen LogP contribution is 2.49. The van der Waals surface area contributed by atoms with Crippen LogP contribution in [0.1, 0.15) is 65.2 Å². The summed E-state index contributed by atoms with van der Waals surface area (Å²) in [5, 5.41) is 0. The van der Waals surface area contributed by atoms with Crippen LogP contribution in [0, 0.1) is 11.3 Å². The number of ether oxygens (including phenoxy) is 1. The van der Waals surface area contributed by atoms with Crippen LogP contribution in [0.25, 0.3) is 0 Å². The van der Waals surface area contributed by atoms with Gasteiger partial charge in [-0.25, -0.2) is 0 Å². The molecule has 0 unspecified atom stereocenters. The van der Waals surface area contributed by atoms with Gasteiger partial charge in [-0.2, -0.15) is 0 Å². The fourth-order valence-electron chi connectivity index (χ4n) is 5.55. The van der Waals surface area contributed by atoms with Crippen molar-refractivity contribution in [2.24, 2.45) is 11.3 Å². The van der Waals surface area contributed by atoms with Crippen LogP contribution in [0.2, 0.25) is 0 Å². The van der Waals surface area contributed by atoms with Gasteiger partial charge >= 0.3 is 0 Å². The van der Waals surface area contributed by atoms with Gasteiger partial charge in [0.2, 0.25) is 0 Å². The van der Waals surface area contributed by atoms with Gasteiger partial charge in [0, 0.05) is 11.3 Å². The average molecular weight is 307 g/mol. The lowest BCUT2D eigenvalue weighted by molar-refractivity contribution is -0.877. The van der Waals surface area contributed by atoms with Crippen molar-refractivity contribution in [3.63, 3.8) is 0 Å². The second-order valence-corrected chi connectivity index (χ2v) is 9.64. The van der Waals surface area contributed by atoms with E-state index in [9.17, 15) is 0 Å². The molecule has 22 heavy (non-hydrogen) atoms. The molecule has 1 aliphatic heterocycles. The van der Waals surface area contributed by atoms with Crippen LogP contribution in [0.15, 0.2) is 11.1 Å². The Balaban J connectivity index is 1.92. The molecule has 0 aromatic heterocycles. The van der Waals surface area contributed by atoms with Crippen LogP contribution in [-0.2, 0) is 4.74 Å². The Bertz CT molecular complexity index is 443. The maximum atomic E-state index is 6.80. The molecule has 126 valence electrons. The lowest BCUT2D eigenvalue weighted by Crippen LogP contribution is -2.52. The van der Waals surface area contributed by atoms with Gasteiger partial charge in [0.1, 0.15) is 0 Å². The summed E-state index contributed by atoms with van der Waals surface area (Å²) in [6.07, 6.45) is 11.8. The molecule has 2 heteroatoms. The summed E-state index contributed by atoms with van der Waals surface area (Å²) < 4.78 is 7.82. The Hall–Kier alpha value is -0.340. The summed E-state index contributed by atoms with van der Waals surface area (Å²) in [6, 6.07) is 0. The van der Waals surface area contributed by atoms with Crippen LogP contribution >= 0.6 is 0 Å². The van der Waals surface area contributed by atoms with E-state index in [-0.39, 0.29) is 5.41 Å². The zero-order valence-corrected chi connectivity index (χ0v) is 15.5. The molecule has 0 spiro atoms. The minimum absolute atomic E-state index is 0.221. The van der Waals surface area contributed by atoms with E-state index < -0.39 is 0 Å². The van der Waals surface area contributed by atoms with Crippen molar-refractivity contribution in [2.45, 2.75) is 77.4 Å². The third kappa shape index (κ3) is 3.28. The Morgan fingerprint density at radius 3 is 2.27 bits per heavy atom. The third-order valence-electron chi connectivity index (χ3n) is 5.92. The van der Waals surface area contributed by atoms with Gasteiger partial charge in [0.15, 0.2) is 0 Å². The SMILES string of the molecule is CC(C)(C[N+](C)(C)C)[C@@H]1O[C@H]2CCCC[C@@H]2C2=C1CCCC2. The summed E-state index contributed by atoms with van der Waals surface area (Å²) >= 11 is 0. The molecule has 0 aromatic carbocycles. The minimum atomic E-state index is 0.221. The molecule has 0 bridgehead atoms. The van der Waals surface area contributed by atoms with E-state index in [0.717, 1.165) is 10.4 Å². The van der Waals surface area contributed by atoms with Crippen molar-refractivity contribution in [3.8, 4) is 0 Å². The number of fused-ring (bicyclic) bond motifs is 2. The van der Waals surface area contributed by atoms with Crippen molar-refractivity contribution >= 4 is 0 Å². The van der Waals surface area contributed by atoms with Gasteiger partial charge in [-0.1, -0.05) is 32.3 Å². The lowest BCUT2D eigenvalue weighted by atomic mass is 9.68. The van der Waals surface area contributed by atoms with E-state index in [0.29, 0.717) is 12.2 Å². The van der Waals surface area contributed by atoms with Crippen molar-refractivity contribution in [2.75, 3.05) is 27.7 Å². The predicted octanol–water partition coefficient (Wildman–Crippen LogP) is 4.55. The van der Waals surface area contributed by atoms with E-state index in [2.05, 4.69) is 35.0 Å². The first kappa shape index (κ1) is 16.5. The van der Waals surface area contributed by atoms with Gasteiger partial charge < -0.3 is 9.22 Å². The summed E-state index contributed by atoms with van der Waals surface area (Å²) in [4.78, 5) is 0. The Labute approximate surface area is 137 Å². The highest BCUT2D eigenvalue weighted by atomic mass is 16.5. The highest BCUT2D eigenvalue weighted by Gasteiger charge is 2.46. The van der Waals surface area contributed by atoms with Crippen molar-refractivity contribution < 1.29 is 9.22 Å². The molecule has 2 aliphatic carbocycles. The standard InChI is InChI=1S/C20H36NO/c1-20(2,14-21(3,4)5)19-17-12-7-6-10-15(17)16-11-8-9-13-18(16)22-19/h16,18-19H,6-14H2,1-5H3/q+1/t16-,18+,19-/m1/s1. The average Bonchev–Trinajstić information content (AvgIpc) is 2.44. The van der Waals surface area contributed by atoms with E-state index in [1.165, 1.54) is 57.9 Å². The molecule has 1 heterocycles. The molecular formula is C20H36NO+. The molecule has 0 amide bonds. The predicted molar refractivity (Wildman–Crippen MR) is 92.8 cm³/mol.